The summed E-state index contributed by atoms with van der Waals surface area (Å²) in [5.74, 6) is 0.252. The first kappa shape index (κ1) is 19.8. The molecule has 0 aliphatic carbocycles. The van der Waals surface area contributed by atoms with Crippen LogP contribution in [0.1, 0.15) is 62.2 Å². The van der Waals surface area contributed by atoms with Gasteiger partial charge in [0.1, 0.15) is 13.2 Å². The molecule has 1 fully saturated rings. The number of carbonyl (C=O) groups is 3. The van der Waals surface area contributed by atoms with Crippen molar-refractivity contribution in [2.24, 2.45) is 5.92 Å². The van der Waals surface area contributed by atoms with Crippen LogP contribution in [0.3, 0.4) is 0 Å². The zero-order valence-corrected chi connectivity index (χ0v) is 17.4. The molecule has 5 rings (SSSR count). The number of aryl methyl sites for hydroxylation is 1. The van der Waals surface area contributed by atoms with Gasteiger partial charge < -0.3 is 14.4 Å². The minimum Gasteiger partial charge on any atom is -0.457 e. The second-order valence-electron chi connectivity index (χ2n) is 8.67. The molecule has 1 amide bonds. The molecule has 0 aromatic heterocycles. The first-order chi connectivity index (χ1) is 15.1. The lowest BCUT2D eigenvalue weighted by Crippen LogP contribution is -2.39. The molecule has 0 atom stereocenters. The van der Waals surface area contributed by atoms with E-state index in [1.54, 1.807) is 6.07 Å². The summed E-state index contributed by atoms with van der Waals surface area (Å²) in [7, 11) is 0. The van der Waals surface area contributed by atoms with Crippen LogP contribution < -0.4 is 0 Å². The lowest BCUT2D eigenvalue weighted by atomic mass is 9.89. The van der Waals surface area contributed by atoms with Crippen molar-refractivity contribution in [2.45, 2.75) is 45.3 Å². The highest BCUT2D eigenvalue weighted by Crippen LogP contribution is 2.26. The summed E-state index contributed by atoms with van der Waals surface area (Å²) in [6, 6.07) is 11.5. The number of piperidine rings is 1. The number of esters is 2. The third-order valence-corrected chi connectivity index (χ3v) is 6.66. The Labute approximate surface area is 181 Å². The number of nitrogens with zero attached hydrogens (tertiary/aromatic N) is 1. The van der Waals surface area contributed by atoms with Gasteiger partial charge in [-0.2, -0.15) is 0 Å². The molecule has 3 heterocycles. The SMILES string of the molecule is O=C1OCc2cc(CCC3CCN(C(=O)Cc4ccc5c(c4)COC5=O)CC3)ccc21. The first-order valence-corrected chi connectivity index (χ1v) is 10.9. The van der Waals surface area contributed by atoms with E-state index in [0.29, 0.717) is 36.7 Å². The van der Waals surface area contributed by atoms with Gasteiger partial charge in [-0.3, -0.25) is 4.79 Å². The van der Waals surface area contributed by atoms with Crippen LogP contribution in [0.2, 0.25) is 0 Å². The van der Waals surface area contributed by atoms with Gasteiger partial charge in [0.05, 0.1) is 17.5 Å². The predicted octanol–water partition coefficient (Wildman–Crippen LogP) is 3.44. The van der Waals surface area contributed by atoms with Crippen LogP contribution in [-0.2, 0) is 40.3 Å². The van der Waals surface area contributed by atoms with Crippen molar-refractivity contribution in [1.29, 1.82) is 0 Å². The number of benzene rings is 2. The van der Waals surface area contributed by atoms with Crippen molar-refractivity contribution in [3.05, 3.63) is 69.8 Å². The number of amides is 1. The minimum absolute atomic E-state index is 0.145. The van der Waals surface area contributed by atoms with Crippen molar-refractivity contribution in [2.75, 3.05) is 13.1 Å². The van der Waals surface area contributed by atoms with Gasteiger partial charge in [0.25, 0.3) is 0 Å². The van der Waals surface area contributed by atoms with Crippen molar-refractivity contribution in [1.82, 2.24) is 4.90 Å². The molecule has 2 aromatic rings. The highest BCUT2D eigenvalue weighted by Gasteiger charge is 2.25. The van der Waals surface area contributed by atoms with Gasteiger partial charge in [0.2, 0.25) is 5.91 Å². The van der Waals surface area contributed by atoms with Crippen LogP contribution in [0.25, 0.3) is 0 Å². The summed E-state index contributed by atoms with van der Waals surface area (Å²) in [6.45, 7) is 2.27. The Morgan fingerprint density at radius 3 is 2.10 bits per heavy atom. The molecule has 0 spiro atoms. The van der Waals surface area contributed by atoms with E-state index in [-0.39, 0.29) is 17.8 Å². The van der Waals surface area contributed by atoms with Crippen molar-refractivity contribution >= 4 is 17.8 Å². The molecule has 160 valence electrons. The van der Waals surface area contributed by atoms with Gasteiger partial charge >= 0.3 is 11.9 Å². The van der Waals surface area contributed by atoms with E-state index >= 15 is 0 Å². The molecule has 31 heavy (non-hydrogen) atoms. The normalized spacial score (nSPS) is 17.9. The van der Waals surface area contributed by atoms with E-state index in [4.69, 9.17) is 9.47 Å². The lowest BCUT2D eigenvalue weighted by Gasteiger charge is -2.32. The highest BCUT2D eigenvalue weighted by atomic mass is 16.5. The summed E-state index contributed by atoms with van der Waals surface area (Å²) in [5.41, 5.74) is 5.34. The van der Waals surface area contributed by atoms with Gasteiger partial charge in [-0.1, -0.05) is 24.3 Å². The average Bonchev–Trinajstić information content (AvgIpc) is 3.34. The molecule has 3 aliphatic rings. The molecule has 2 aromatic carbocycles. The molecular weight excluding hydrogens is 394 g/mol. The summed E-state index contributed by atoms with van der Waals surface area (Å²) in [5, 5.41) is 0. The fourth-order valence-corrected chi connectivity index (χ4v) is 4.77. The average molecular weight is 419 g/mol. The maximum absolute atomic E-state index is 12.7. The largest absolute Gasteiger partial charge is 0.457 e. The summed E-state index contributed by atoms with van der Waals surface area (Å²) < 4.78 is 10.1. The number of rotatable bonds is 5. The highest BCUT2D eigenvalue weighted by molar-refractivity contribution is 5.94. The van der Waals surface area contributed by atoms with Gasteiger partial charge in [-0.05, 0) is 54.9 Å². The zero-order chi connectivity index (χ0) is 21.4. The Balaban J connectivity index is 1.10. The fourth-order valence-electron chi connectivity index (χ4n) is 4.77. The monoisotopic (exact) mass is 419 g/mol. The lowest BCUT2D eigenvalue weighted by molar-refractivity contribution is -0.131. The van der Waals surface area contributed by atoms with E-state index in [1.165, 1.54) is 5.56 Å². The molecule has 0 radical (unpaired) electrons. The molecule has 6 nitrogen and oxygen atoms in total. The van der Waals surface area contributed by atoms with Crippen LogP contribution in [0, 0.1) is 5.92 Å². The maximum Gasteiger partial charge on any atom is 0.338 e. The van der Waals surface area contributed by atoms with Gasteiger partial charge in [-0.25, -0.2) is 9.59 Å². The third-order valence-electron chi connectivity index (χ3n) is 6.66. The molecule has 0 unspecified atom stereocenters. The predicted molar refractivity (Wildman–Crippen MR) is 112 cm³/mol. The van der Waals surface area contributed by atoms with E-state index in [0.717, 1.165) is 55.5 Å². The molecule has 1 saturated heterocycles. The molecule has 0 bridgehead atoms. The summed E-state index contributed by atoms with van der Waals surface area (Å²) in [6.07, 6.45) is 4.47. The van der Waals surface area contributed by atoms with Crippen LogP contribution in [-0.4, -0.2) is 35.8 Å². The first-order valence-electron chi connectivity index (χ1n) is 10.9. The zero-order valence-electron chi connectivity index (χ0n) is 17.4. The number of ether oxygens (including phenoxy) is 2. The molecule has 6 heteroatoms. The van der Waals surface area contributed by atoms with Crippen LogP contribution in [0.15, 0.2) is 36.4 Å². The molecule has 3 aliphatic heterocycles. The van der Waals surface area contributed by atoms with Crippen LogP contribution >= 0.6 is 0 Å². The number of fused-ring (bicyclic) bond motifs is 2. The van der Waals surface area contributed by atoms with E-state index < -0.39 is 0 Å². The number of hydrogen-bond acceptors (Lipinski definition) is 5. The molecule has 0 saturated carbocycles. The van der Waals surface area contributed by atoms with Gasteiger partial charge in [0, 0.05) is 24.2 Å². The van der Waals surface area contributed by atoms with Crippen molar-refractivity contribution < 1.29 is 23.9 Å². The Kier molecular flexibility index (Phi) is 5.22. The Morgan fingerprint density at radius 1 is 0.871 bits per heavy atom. The fraction of sp³-hybridized carbons (Fsp3) is 0.400. The molecular formula is C25H25NO5. The summed E-state index contributed by atoms with van der Waals surface area (Å²) >= 11 is 0. The number of likely N-dealkylation sites (tertiary alicyclic amines) is 1. The number of cyclic esters (lactones) is 2. The minimum atomic E-state index is -0.281. The van der Waals surface area contributed by atoms with Crippen molar-refractivity contribution in [3.63, 3.8) is 0 Å². The Morgan fingerprint density at radius 2 is 1.45 bits per heavy atom. The topological polar surface area (TPSA) is 72.9 Å². The molecule has 0 N–H and O–H groups in total. The Hall–Kier alpha value is -3.15. The maximum atomic E-state index is 12.7. The van der Waals surface area contributed by atoms with Gasteiger partial charge in [0.15, 0.2) is 0 Å². The third kappa shape index (κ3) is 4.07. The second kappa shape index (κ2) is 8.17. The quantitative estimate of drug-likeness (QED) is 0.694. The smallest absolute Gasteiger partial charge is 0.338 e. The second-order valence-corrected chi connectivity index (χ2v) is 8.67. The van der Waals surface area contributed by atoms with Crippen LogP contribution in [0.5, 0.6) is 0 Å². The number of hydrogen-bond donors (Lipinski definition) is 0. The van der Waals surface area contributed by atoms with Gasteiger partial charge in [-0.15, -0.1) is 0 Å². The standard InChI is InChI=1S/C25H25NO5/c27-23(13-18-4-6-22-20(12-18)15-31-25(22)29)26-9-7-16(8-10-26)1-2-17-3-5-21-19(11-17)14-30-24(21)28/h3-6,11-12,16H,1-2,7-10,13-15H2. The van der Waals surface area contributed by atoms with E-state index in [2.05, 4.69) is 6.07 Å². The van der Waals surface area contributed by atoms with Crippen molar-refractivity contribution in [3.8, 4) is 0 Å². The Bertz CT molecular complexity index is 1050. The van der Waals surface area contributed by atoms with E-state index in [1.807, 2.05) is 29.2 Å². The summed E-state index contributed by atoms with van der Waals surface area (Å²) in [4.78, 5) is 37.8. The number of carbonyl (C=O) groups excluding carboxylic acids is 3. The van der Waals surface area contributed by atoms with Crippen LogP contribution in [0.4, 0.5) is 0 Å². The van der Waals surface area contributed by atoms with E-state index in [9.17, 15) is 14.4 Å².